The van der Waals surface area contributed by atoms with Gasteiger partial charge in [-0.25, -0.2) is 14.4 Å². The topological polar surface area (TPSA) is 88.1 Å². The van der Waals surface area contributed by atoms with Crippen molar-refractivity contribution in [1.82, 2.24) is 0 Å². The summed E-state index contributed by atoms with van der Waals surface area (Å²) < 4.78 is 21.3. The fourth-order valence-electron chi connectivity index (χ4n) is 3.36. The number of cyclic esters (lactones) is 1. The van der Waals surface area contributed by atoms with Crippen LogP contribution in [0, 0.1) is 0 Å². The number of hydrogen-bond acceptors (Lipinski definition) is 7. The van der Waals surface area contributed by atoms with Gasteiger partial charge in [-0.2, -0.15) is 0 Å². The molecule has 0 spiro atoms. The summed E-state index contributed by atoms with van der Waals surface area (Å²) in [5.74, 6) is -0.0425. The normalized spacial score (nSPS) is 14.7. The second-order valence-electron chi connectivity index (χ2n) is 7.73. The van der Waals surface area contributed by atoms with Gasteiger partial charge in [0, 0.05) is 18.1 Å². The lowest BCUT2D eigenvalue weighted by Gasteiger charge is -2.11. The van der Waals surface area contributed by atoms with Crippen LogP contribution in [0.1, 0.15) is 16.8 Å². The predicted molar refractivity (Wildman–Crippen MR) is 128 cm³/mol. The Morgan fingerprint density at radius 2 is 1.40 bits per heavy atom. The van der Waals surface area contributed by atoms with Crippen LogP contribution in [0.5, 0.6) is 17.2 Å². The maximum atomic E-state index is 12.5. The van der Waals surface area contributed by atoms with Crippen LogP contribution in [0.3, 0.4) is 0 Å². The molecule has 0 radical (unpaired) electrons. The van der Waals surface area contributed by atoms with Gasteiger partial charge in [-0.05, 0) is 59.7 Å². The monoisotopic (exact) mass is 470 g/mol. The summed E-state index contributed by atoms with van der Waals surface area (Å²) in [6.45, 7) is 7.22. The fraction of sp³-hybridized carbons (Fsp3) is 0.107. The van der Waals surface area contributed by atoms with E-state index in [1.54, 1.807) is 48.5 Å². The van der Waals surface area contributed by atoms with E-state index < -0.39 is 17.9 Å². The summed E-state index contributed by atoms with van der Waals surface area (Å²) in [5, 5.41) is 0. The first kappa shape index (κ1) is 23.5. The van der Waals surface area contributed by atoms with Crippen LogP contribution in [0.4, 0.5) is 0 Å². The highest BCUT2D eigenvalue weighted by Crippen LogP contribution is 2.26. The third kappa shape index (κ3) is 6.03. The van der Waals surface area contributed by atoms with Crippen molar-refractivity contribution in [3.8, 4) is 28.4 Å². The average Bonchev–Trinajstić information content (AvgIpc) is 3.20. The van der Waals surface area contributed by atoms with Crippen LogP contribution in [0.25, 0.3) is 11.1 Å². The molecule has 0 amide bonds. The van der Waals surface area contributed by atoms with Crippen molar-refractivity contribution in [3.63, 3.8) is 0 Å². The largest absolute Gasteiger partial charge is 0.490 e. The van der Waals surface area contributed by atoms with Gasteiger partial charge in [0.25, 0.3) is 0 Å². The molecule has 1 heterocycles. The fourth-order valence-corrected chi connectivity index (χ4v) is 3.36. The van der Waals surface area contributed by atoms with Crippen LogP contribution < -0.4 is 14.2 Å². The molecule has 3 aromatic carbocycles. The Hall–Kier alpha value is -4.65. The van der Waals surface area contributed by atoms with Crippen LogP contribution in [-0.4, -0.2) is 30.6 Å². The third-order valence-corrected chi connectivity index (χ3v) is 5.20. The van der Waals surface area contributed by atoms with E-state index >= 15 is 0 Å². The van der Waals surface area contributed by atoms with Crippen LogP contribution in [-0.2, 0) is 14.3 Å². The summed E-state index contributed by atoms with van der Waals surface area (Å²) in [4.78, 5) is 35.1. The molecule has 1 aliphatic heterocycles. The Morgan fingerprint density at radius 1 is 0.857 bits per heavy atom. The third-order valence-electron chi connectivity index (χ3n) is 5.20. The summed E-state index contributed by atoms with van der Waals surface area (Å²) in [6.07, 6.45) is 1.19. The van der Waals surface area contributed by atoms with Crippen molar-refractivity contribution in [2.75, 3.05) is 6.61 Å². The van der Waals surface area contributed by atoms with Crippen molar-refractivity contribution in [1.29, 1.82) is 0 Å². The number of esters is 3. The summed E-state index contributed by atoms with van der Waals surface area (Å²) in [6, 6.07) is 20.6. The van der Waals surface area contributed by atoms with Gasteiger partial charge >= 0.3 is 17.9 Å². The highest BCUT2D eigenvalue weighted by Gasteiger charge is 2.27. The summed E-state index contributed by atoms with van der Waals surface area (Å²) in [7, 11) is 0. The molecular weight excluding hydrogens is 448 g/mol. The van der Waals surface area contributed by atoms with Gasteiger partial charge in [0.05, 0.1) is 5.56 Å². The van der Waals surface area contributed by atoms with Crippen LogP contribution in [0.15, 0.2) is 97.6 Å². The van der Waals surface area contributed by atoms with E-state index in [1.165, 1.54) is 0 Å². The lowest BCUT2D eigenvalue weighted by molar-refractivity contribution is -0.139. The molecule has 1 aliphatic rings. The molecular formula is C28H22O7. The molecule has 1 saturated heterocycles. The lowest BCUT2D eigenvalue weighted by Crippen LogP contribution is -2.17. The first-order chi connectivity index (χ1) is 16.9. The molecule has 0 saturated carbocycles. The van der Waals surface area contributed by atoms with E-state index in [2.05, 4.69) is 13.2 Å². The van der Waals surface area contributed by atoms with E-state index in [4.69, 9.17) is 18.9 Å². The molecule has 4 rings (SSSR count). The Kier molecular flexibility index (Phi) is 7.07. The quantitative estimate of drug-likeness (QED) is 0.262. The summed E-state index contributed by atoms with van der Waals surface area (Å²) >= 11 is 0. The number of benzene rings is 3. The van der Waals surface area contributed by atoms with Gasteiger partial charge < -0.3 is 18.9 Å². The molecule has 0 aromatic heterocycles. The number of rotatable bonds is 8. The smallest absolute Gasteiger partial charge is 0.343 e. The van der Waals surface area contributed by atoms with Crippen molar-refractivity contribution < 1.29 is 33.3 Å². The number of ether oxygens (including phenoxy) is 4. The number of carbonyl (C=O) groups is 3. The average molecular weight is 470 g/mol. The van der Waals surface area contributed by atoms with Crippen molar-refractivity contribution in [3.05, 3.63) is 103 Å². The summed E-state index contributed by atoms with van der Waals surface area (Å²) in [5.41, 5.74) is 2.62. The van der Waals surface area contributed by atoms with Crippen LogP contribution in [0.2, 0.25) is 0 Å². The number of hydrogen-bond donors (Lipinski definition) is 0. The van der Waals surface area contributed by atoms with Gasteiger partial charge in [-0.15, -0.1) is 0 Å². The maximum Gasteiger partial charge on any atom is 0.343 e. The van der Waals surface area contributed by atoms with Crippen molar-refractivity contribution >= 4 is 17.9 Å². The molecule has 3 aromatic rings. The zero-order chi connectivity index (χ0) is 24.8. The number of carbonyl (C=O) groups excluding carboxylic acids is 3. The van der Waals surface area contributed by atoms with Gasteiger partial charge in [0.2, 0.25) is 0 Å². The second kappa shape index (κ2) is 10.5. The minimum Gasteiger partial charge on any atom is -0.490 e. The molecule has 7 nitrogen and oxygen atoms in total. The van der Waals surface area contributed by atoms with E-state index in [-0.39, 0.29) is 12.7 Å². The van der Waals surface area contributed by atoms with Crippen molar-refractivity contribution in [2.24, 2.45) is 0 Å². The Labute approximate surface area is 202 Å². The highest BCUT2D eigenvalue weighted by atomic mass is 16.6. The molecule has 0 aliphatic carbocycles. The Balaban J connectivity index is 1.31. The maximum absolute atomic E-state index is 12.5. The molecule has 0 N–H and O–H groups in total. The van der Waals surface area contributed by atoms with E-state index in [0.717, 1.165) is 17.2 Å². The zero-order valence-electron chi connectivity index (χ0n) is 18.8. The van der Waals surface area contributed by atoms with E-state index in [9.17, 15) is 14.4 Å². The molecule has 0 bridgehead atoms. The zero-order valence-corrected chi connectivity index (χ0v) is 18.8. The lowest BCUT2D eigenvalue weighted by atomic mass is 10.1. The minimum absolute atomic E-state index is 0.212. The Bertz CT molecular complexity index is 1240. The highest BCUT2D eigenvalue weighted by molar-refractivity contribution is 5.91. The molecule has 1 fully saturated rings. The van der Waals surface area contributed by atoms with Gasteiger partial charge in [0.1, 0.15) is 30.0 Å². The standard InChI is InChI=1S/C28H22O7/c1-3-26(29)33-23-12-4-19(5-13-23)20-6-14-24(15-7-20)34-28(31)21-8-10-22(11-9-21)32-17-25-16-18(2)27(30)35-25/h3-15,25H,1-2,16-17H2. The first-order valence-electron chi connectivity index (χ1n) is 10.8. The van der Waals surface area contributed by atoms with Gasteiger partial charge in [-0.1, -0.05) is 37.4 Å². The first-order valence-corrected chi connectivity index (χ1v) is 10.8. The minimum atomic E-state index is -0.519. The molecule has 35 heavy (non-hydrogen) atoms. The second-order valence-corrected chi connectivity index (χ2v) is 7.73. The molecule has 1 unspecified atom stereocenters. The van der Waals surface area contributed by atoms with Gasteiger partial charge in [0.15, 0.2) is 0 Å². The van der Waals surface area contributed by atoms with E-state index in [0.29, 0.717) is 34.8 Å². The molecule has 176 valence electrons. The Morgan fingerprint density at radius 3 is 1.91 bits per heavy atom. The molecule has 1 atom stereocenters. The van der Waals surface area contributed by atoms with Crippen molar-refractivity contribution in [2.45, 2.75) is 12.5 Å². The SMILES string of the molecule is C=CC(=O)Oc1ccc(-c2ccc(OC(=O)c3ccc(OCC4CC(=C)C(=O)O4)cc3)cc2)cc1. The van der Waals surface area contributed by atoms with E-state index in [1.807, 2.05) is 24.3 Å². The van der Waals surface area contributed by atoms with Gasteiger partial charge in [-0.3, -0.25) is 0 Å². The predicted octanol–water partition coefficient (Wildman–Crippen LogP) is 4.91. The molecule has 7 heteroatoms. The van der Waals surface area contributed by atoms with Crippen LogP contribution >= 0.6 is 0 Å².